The van der Waals surface area contributed by atoms with Gasteiger partial charge < -0.3 is 0 Å². The molecule has 4 heteroatoms. The molecule has 0 bridgehead atoms. The highest BCUT2D eigenvalue weighted by Gasteiger charge is 2.15. The Morgan fingerprint density at radius 3 is 2.52 bits per heavy atom. The van der Waals surface area contributed by atoms with Crippen molar-refractivity contribution >= 4 is 11.9 Å². The van der Waals surface area contributed by atoms with Crippen LogP contribution in [0.5, 0.6) is 0 Å². The Bertz CT molecular complexity index is 773. The maximum atomic E-state index is 13.6. The van der Waals surface area contributed by atoms with E-state index in [4.69, 9.17) is 5.26 Å². The molecule has 0 radical (unpaired) electrons. The monoisotopic (exact) mass is 283 g/mol. The van der Waals surface area contributed by atoms with Gasteiger partial charge in [0.1, 0.15) is 23.3 Å². The van der Waals surface area contributed by atoms with Crippen molar-refractivity contribution in [3.63, 3.8) is 0 Å². The van der Waals surface area contributed by atoms with E-state index in [1.165, 1.54) is 6.07 Å². The summed E-state index contributed by atoms with van der Waals surface area (Å²) in [5, 5.41) is 9.12. The van der Waals surface area contributed by atoms with Crippen LogP contribution in [0.2, 0.25) is 0 Å². The van der Waals surface area contributed by atoms with E-state index in [0.29, 0.717) is 11.6 Å². The van der Waals surface area contributed by atoms with E-state index in [2.05, 4.69) is 0 Å². The molecule has 0 aliphatic heterocycles. The van der Waals surface area contributed by atoms with E-state index >= 15 is 0 Å². The summed E-state index contributed by atoms with van der Waals surface area (Å²) in [5.74, 6) is -2.02. The van der Waals surface area contributed by atoms with Gasteiger partial charge in [0.15, 0.2) is 0 Å². The molecule has 0 amide bonds. The number of nitriles is 1. The van der Waals surface area contributed by atoms with Gasteiger partial charge in [-0.1, -0.05) is 24.3 Å². The van der Waals surface area contributed by atoms with E-state index in [1.54, 1.807) is 37.3 Å². The van der Waals surface area contributed by atoms with Crippen LogP contribution < -0.4 is 0 Å². The van der Waals surface area contributed by atoms with Crippen molar-refractivity contribution in [1.29, 1.82) is 5.26 Å². The summed E-state index contributed by atoms with van der Waals surface area (Å²) in [6.07, 6.45) is 1.13. The van der Waals surface area contributed by atoms with Crippen LogP contribution in [-0.4, -0.2) is 5.78 Å². The third-order valence-electron chi connectivity index (χ3n) is 3.02. The molecule has 0 fully saturated rings. The first-order valence-corrected chi connectivity index (χ1v) is 6.20. The molecule has 0 atom stereocenters. The fourth-order valence-electron chi connectivity index (χ4n) is 1.90. The van der Waals surface area contributed by atoms with E-state index in [0.717, 1.165) is 17.7 Å². The first-order valence-electron chi connectivity index (χ1n) is 6.20. The lowest BCUT2D eigenvalue weighted by Crippen LogP contribution is -2.04. The SMILES string of the molecule is Cc1ccccc1C(=O)/C(C#N)=C/c1ccc(F)cc1F. The minimum absolute atomic E-state index is 0.00474. The molecule has 0 heterocycles. The smallest absolute Gasteiger partial charge is 0.203 e. The van der Waals surface area contributed by atoms with Crippen LogP contribution in [0.1, 0.15) is 21.5 Å². The molecule has 0 N–H and O–H groups in total. The highest BCUT2D eigenvalue weighted by molar-refractivity contribution is 6.14. The standard InChI is InChI=1S/C17H11F2NO/c1-11-4-2-3-5-15(11)17(21)13(10-20)8-12-6-7-14(18)9-16(12)19/h2-9H,1H3/b13-8+. The molecule has 21 heavy (non-hydrogen) atoms. The lowest BCUT2D eigenvalue weighted by Gasteiger charge is -2.04. The lowest BCUT2D eigenvalue weighted by atomic mass is 9.98. The maximum absolute atomic E-state index is 13.6. The minimum Gasteiger partial charge on any atom is -0.288 e. The molecule has 0 aliphatic carbocycles. The number of carbonyl (C=O) groups excluding carboxylic acids is 1. The van der Waals surface area contributed by atoms with Gasteiger partial charge in [0, 0.05) is 17.2 Å². The quantitative estimate of drug-likeness (QED) is 0.484. The van der Waals surface area contributed by atoms with E-state index in [1.807, 2.05) is 0 Å². The molecule has 104 valence electrons. The highest BCUT2D eigenvalue weighted by atomic mass is 19.1. The van der Waals surface area contributed by atoms with Crippen LogP contribution in [-0.2, 0) is 0 Å². The van der Waals surface area contributed by atoms with Gasteiger partial charge in [-0.05, 0) is 30.7 Å². The van der Waals surface area contributed by atoms with Gasteiger partial charge in [-0.3, -0.25) is 4.79 Å². The molecule has 0 saturated heterocycles. The van der Waals surface area contributed by atoms with Gasteiger partial charge in [-0.25, -0.2) is 8.78 Å². The molecule has 2 aromatic rings. The molecular formula is C17H11F2NO. The number of halogens is 2. The molecule has 2 aromatic carbocycles. The van der Waals surface area contributed by atoms with Crippen molar-refractivity contribution in [2.24, 2.45) is 0 Å². The van der Waals surface area contributed by atoms with Crippen molar-refractivity contribution in [1.82, 2.24) is 0 Å². The van der Waals surface area contributed by atoms with Crippen LogP contribution in [0.15, 0.2) is 48.0 Å². The molecule has 0 aromatic heterocycles. The minimum atomic E-state index is -0.819. The zero-order valence-corrected chi connectivity index (χ0v) is 11.2. The van der Waals surface area contributed by atoms with Crippen molar-refractivity contribution in [2.75, 3.05) is 0 Å². The van der Waals surface area contributed by atoms with Crippen LogP contribution in [0.3, 0.4) is 0 Å². The Morgan fingerprint density at radius 2 is 1.90 bits per heavy atom. The first kappa shape index (κ1) is 14.6. The zero-order chi connectivity index (χ0) is 15.4. The number of ketones is 1. The Kier molecular flexibility index (Phi) is 4.24. The van der Waals surface area contributed by atoms with E-state index < -0.39 is 17.4 Å². The fraction of sp³-hybridized carbons (Fsp3) is 0.0588. The second kappa shape index (κ2) is 6.10. The van der Waals surface area contributed by atoms with Crippen LogP contribution in [0.25, 0.3) is 6.08 Å². The first-order chi connectivity index (χ1) is 10.0. The van der Waals surface area contributed by atoms with Gasteiger partial charge in [0.2, 0.25) is 5.78 Å². The molecule has 0 unspecified atom stereocenters. The molecular weight excluding hydrogens is 272 g/mol. The summed E-state index contributed by atoms with van der Waals surface area (Å²) in [6.45, 7) is 1.75. The number of hydrogen-bond donors (Lipinski definition) is 0. The Hall–Kier alpha value is -2.80. The average molecular weight is 283 g/mol. The largest absolute Gasteiger partial charge is 0.288 e. The third kappa shape index (κ3) is 3.21. The number of rotatable bonds is 3. The van der Waals surface area contributed by atoms with Gasteiger partial charge in [0.05, 0.1) is 0 Å². The Balaban J connectivity index is 2.45. The summed E-state index contributed by atoms with van der Waals surface area (Å²) >= 11 is 0. The van der Waals surface area contributed by atoms with Gasteiger partial charge in [0.25, 0.3) is 0 Å². The predicted molar refractivity (Wildman–Crippen MR) is 75.5 cm³/mol. The fourth-order valence-corrected chi connectivity index (χ4v) is 1.90. The molecule has 0 saturated carbocycles. The third-order valence-corrected chi connectivity index (χ3v) is 3.02. The van der Waals surface area contributed by atoms with Crippen LogP contribution >= 0.6 is 0 Å². The van der Waals surface area contributed by atoms with E-state index in [-0.39, 0.29) is 11.1 Å². The second-order valence-corrected chi connectivity index (χ2v) is 4.48. The average Bonchev–Trinajstić information content (AvgIpc) is 2.46. The molecule has 0 aliphatic rings. The summed E-state index contributed by atoms with van der Waals surface area (Å²) in [4.78, 5) is 12.3. The van der Waals surface area contributed by atoms with Crippen LogP contribution in [0.4, 0.5) is 8.78 Å². The van der Waals surface area contributed by atoms with Gasteiger partial charge in [-0.2, -0.15) is 5.26 Å². The van der Waals surface area contributed by atoms with Crippen molar-refractivity contribution in [3.8, 4) is 6.07 Å². The Morgan fingerprint density at radius 1 is 1.19 bits per heavy atom. The highest BCUT2D eigenvalue weighted by Crippen LogP contribution is 2.18. The number of aryl methyl sites for hydroxylation is 1. The summed E-state index contributed by atoms with van der Waals surface area (Å²) in [5.41, 5.74) is 0.903. The van der Waals surface area contributed by atoms with Crippen molar-refractivity contribution < 1.29 is 13.6 Å². The lowest BCUT2D eigenvalue weighted by molar-refractivity contribution is 0.103. The van der Waals surface area contributed by atoms with E-state index in [9.17, 15) is 13.6 Å². The van der Waals surface area contributed by atoms with Gasteiger partial charge in [-0.15, -0.1) is 0 Å². The molecule has 2 nitrogen and oxygen atoms in total. The summed E-state index contributed by atoms with van der Waals surface area (Å²) < 4.78 is 26.4. The summed E-state index contributed by atoms with van der Waals surface area (Å²) in [6, 6.07) is 11.6. The molecule has 0 spiro atoms. The zero-order valence-electron chi connectivity index (χ0n) is 11.2. The maximum Gasteiger partial charge on any atom is 0.203 e. The van der Waals surface area contributed by atoms with Crippen LogP contribution in [0, 0.1) is 29.9 Å². The number of Topliss-reactive ketones (excluding diaryl/α,β-unsaturated/α-hetero) is 1. The number of benzene rings is 2. The molecule has 2 rings (SSSR count). The normalized spacial score (nSPS) is 11.0. The van der Waals surface area contributed by atoms with Crippen molar-refractivity contribution in [2.45, 2.75) is 6.92 Å². The number of allylic oxidation sites excluding steroid dienone is 1. The topological polar surface area (TPSA) is 40.9 Å². The number of nitrogens with zero attached hydrogens (tertiary/aromatic N) is 1. The predicted octanol–water partition coefficient (Wildman–Crippen LogP) is 4.06. The second-order valence-electron chi connectivity index (χ2n) is 4.48. The Labute approximate surface area is 121 Å². The number of carbonyl (C=O) groups is 1. The summed E-state index contributed by atoms with van der Waals surface area (Å²) in [7, 11) is 0. The van der Waals surface area contributed by atoms with Gasteiger partial charge >= 0.3 is 0 Å². The van der Waals surface area contributed by atoms with Crippen molar-refractivity contribution in [3.05, 3.63) is 76.4 Å². The number of hydrogen-bond acceptors (Lipinski definition) is 2.